The Labute approximate surface area is 160 Å². The Morgan fingerprint density at radius 1 is 1.15 bits per heavy atom. The lowest BCUT2D eigenvalue weighted by Gasteiger charge is -2.28. The molecule has 3 rings (SSSR count). The lowest BCUT2D eigenvalue weighted by atomic mass is 10.1. The van der Waals surface area contributed by atoms with Gasteiger partial charge in [0.1, 0.15) is 12.4 Å². The van der Waals surface area contributed by atoms with E-state index in [9.17, 15) is 13.2 Å². The van der Waals surface area contributed by atoms with Crippen molar-refractivity contribution >= 4 is 15.7 Å². The number of sulfone groups is 1. The monoisotopic (exact) mass is 387 g/mol. The first-order valence-corrected chi connectivity index (χ1v) is 11.1. The zero-order valence-electron chi connectivity index (χ0n) is 15.5. The molecule has 27 heavy (non-hydrogen) atoms. The molecule has 0 saturated carbocycles. The highest BCUT2D eigenvalue weighted by atomic mass is 32.2. The van der Waals surface area contributed by atoms with Crippen LogP contribution < -0.4 is 4.74 Å². The zero-order chi connectivity index (χ0) is 19.3. The van der Waals surface area contributed by atoms with Crippen molar-refractivity contribution in [1.82, 2.24) is 4.90 Å². The predicted octanol–water partition coefficient (Wildman–Crippen LogP) is 3.30. The van der Waals surface area contributed by atoms with Crippen LogP contribution in [0.4, 0.5) is 0 Å². The van der Waals surface area contributed by atoms with Gasteiger partial charge in [0.25, 0.3) is 5.91 Å². The average molecular weight is 388 g/mol. The molecule has 0 radical (unpaired) electrons. The van der Waals surface area contributed by atoms with Gasteiger partial charge in [-0.1, -0.05) is 43.3 Å². The molecule has 1 unspecified atom stereocenters. The minimum Gasteiger partial charge on any atom is -0.489 e. The van der Waals surface area contributed by atoms with E-state index in [0.29, 0.717) is 30.9 Å². The zero-order valence-corrected chi connectivity index (χ0v) is 16.3. The molecule has 2 aromatic rings. The molecule has 144 valence electrons. The molecular formula is C21H25NO4S. The average Bonchev–Trinajstić information content (AvgIpc) is 3.04. The SMILES string of the molecule is CCCN(C(=O)c1cccc(OCc2ccccc2)c1)C1CCS(=O)(=O)C1. The van der Waals surface area contributed by atoms with Gasteiger partial charge < -0.3 is 9.64 Å². The Bertz CT molecular complexity index is 880. The Kier molecular flexibility index (Phi) is 6.16. The van der Waals surface area contributed by atoms with Crippen molar-refractivity contribution < 1.29 is 17.9 Å². The summed E-state index contributed by atoms with van der Waals surface area (Å²) >= 11 is 0. The Hall–Kier alpha value is -2.34. The van der Waals surface area contributed by atoms with E-state index in [1.807, 2.05) is 43.3 Å². The Morgan fingerprint density at radius 3 is 2.59 bits per heavy atom. The third-order valence-corrected chi connectivity index (χ3v) is 6.45. The highest BCUT2D eigenvalue weighted by Crippen LogP contribution is 2.22. The number of hydrogen-bond acceptors (Lipinski definition) is 4. The van der Waals surface area contributed by atoms with Gasteiger partial charge in [0.2, 0.25) is 0 Å². The molecular weight excluding hydrogens is 362 g/mol. The summed E-state index contributed by atoms with van der Waals surface area (Å²) in [6.45, 7) is 2.97. The number of ether oxygens (including phenoxy) is 1. The van der Waals surface area contributed by atoms with E-state index in [-0.39, 0.29) is 23.5 Å². The van der Waals surface area contributed by atoms with E-state index >= 15 is 0 Å². The third kappa shape index (κ3) is 5.10. The first kappa shape index (κ1) is 19.4. The highest BCUT2D eigenvalue weighted by molar-refractivity contribution is 7.91. The summed E-state index contributed by atoms with van der Waals surface area (Å²) in [5.74, 6) is 0.707. The van der Waals surface area contributed by atoms with Crippen LogP contribution in [0.1, 0.15) is 35.7 Å². The number of rotatable bonds is 7. The van der Waals surface area contributed by atoms with E-state index in [1.54, 1.807) is 23.1 Å². The van der Waals surface area contributed by atoms with E-state index in [4.69, 9.17) is 4.74 Å². The maximum atomic E-state index is 13.0. The predicted molar refractivity (Wildman–Crippen MR) is 106 cm³/mol. The molecule has 1 fully saturated rings. The summed E-state index contributed by atoms with van der Waals surface area (Å²) < 4.78 is 29.5. The number of carbonyl (C=O) groups is 1. The van der Waals surface area contributed by atoms with Crippen molar-refractivity contribution in [2.45, 2.75) is 32.4 Å². The summed E-state index contributed by atoms with van der Waals surface area (Å²) in [4.78, 5) is 14.7. The summed E-state index contributed by atoms with van der Waals surface area (Å²) in [5, 5.41) is 0. The minimum absolute atomic E-state index is 0.0585. The number of amides is 1. The number of hydrogen-bond donors (Lipinski definition) is 0. The first-order chi connectivity index (χ1) is 13.0. The lowest BCUT2D eigenvalue weighted by Crippen LogP contribution is -2.41. The van der Waals surface area contributed by atoms with Gasteiger partial charge in [-0.3, -0.25) is 4.79 Å². The molecule has 1 heterocycles. The van der Waals surface area contributed by atoms with Gasteiger partial charge in [0.05, 0.1) is 11.5 Å². The topological polar surface area (TPSA) is 63.7 Å². The molecule has 1 saturated heterocycles. The van der Waals surface area contributed by atoms with Crippen LogP contribution in [0.25, 0.3) is 0 Å². The van der Waals surface area contributed by atoms with Crippen LogP contribution in [0.5, 0.6) is 5.75 Å². The molecule has 1 amide bonds. The van der Waals surface area contributed by atoms with Gasteiger partial charge in [-0.25, -0.2) is 8.42 Å². The number of carbonyl (C=O) groups excluding carboxylic acids is 1. The fourth-order valence-electron chi connectivity index (χ4n) is 3.34. The van der Waals surface area contributed by atoms with Crippen LogP contribution >= 0.6 is 0 Å². The normalized spacial score (nSPS) is 18.2. The Morgan fingerprint density at radius 2 is 1.93 bits per heavy atom. The molecule has 0 bridgehead atoms. The second-order valence-corrected chi connectivity index (χ2v) is 9.09. The van der Waals surface area contributed by atoms with Crippen LogP contribution in [0.15, 0.2) is 54.6 Å². The molecule has 0 aromatic heterocycles. The maximum absolute atomic E-state index is 13.0. The van der Waals surface area contributed by atoms with Crippen molar-refractivity contribution in [1.29, 1.82) is 0 Å². The molecule has 2 aromatic carbocycles. The van der Waals surface area contributed by atoms with Gasteiger partial charge >= 0.3 is 0 Å². The van der Waals surface area contributed by atoms with Gasteiger partial charge in [-0.15, -0.1) is 0 Å². The number of nitrogens with zero attached hydrogens (tertiary/aromatic N) is 1. The molecule has 0 aliphatic carbocycles. The van der Waals surface area contributed by atoms with E-state index in [0.717, 1.165) is 12.0 Å². The standard InChI is InChI=1S/C21H25NO4S/c1-2-12-22(19-11-13-27(24,25)16-19)21(23)18-9-6-10-20(14-18)26-15-17-7-4-3-5-8-17/h3-10,14,19H,2,11-13,15-16H2,1H3. The molecule has 0 N–H and O–H groups in total. The molecule has 1 aliphatic rings. The van der Waals surface area contributed by atoms with E-state index in [2.05, 4.69) is 0 Å². The second-order valence-electron chi connectivity index (χ2n) is 6.86. The van der Waals surface area contributed by atoms with Crippen molar-refractivity contribution in [3.63, 3.8) is 0 Å². The molecule has 0 spiro atoms. The highest BCUT2D eigenvalue weighted by Gasteiger charge is 2.34. The van der Waals surface area contributed by atoms with Crippen LogP contribution in [0.3, 0.4) is 0 Å². The summed E-state index contributed by atoms with van der Waals surface area (Å²) in [7, 11) is -3.04. The second kappa shape index (κ2) is 8.57. The first-order valence-electron chi connectivity index (χ1n) is 9.26. The summed E-state index contributed by atoms with van der Waals surface area (Å²) in [6.07, 6.45) is 1.30. The molecule has 5 nitrogen and oxygen atoms in total. The van der Waals surface area contributed by atoms with Crippen molar-refractivity contribution in [2.24, 2.45) is 0 Å². The summed E-state index contributed by atoms with van der Waals surface area (Å²) in [6, 6.07) is 16.7. The van der Waals surface area contributed by atoms with Gasteiger partial charge in [0, 0.05) is 18.2 Å². The third-order valence-electron chi connectivity index (χ3n) is 4.70. The lowest BCUT2D eigenvalue weighted by molar-refractivity contribution is 0.0696. The van der Waals surface area contributed by atoms with Crippen LogP contribution in [0, 0.1) is 0 Å². The molecule has 6 heteroatoms. The van der Waals surface area contributed by atoms with E-state index < -0.39 is 9.84 Å². The van der Waals surface area contributed by atoms with Crippen molar-refractivity contribution in [2.75, 3.05) is 18.1 Å². The molecule has 1 atom stereocenters. The van der Waals surface area contributed by atoms with Crippen LogP contribution in [-0.2, 0) is 16.4 Å². The fraction of sp³-hybridized carbons (Fsp3) is 0.381. The Balaban J connectivity index is 1.72. The van der Waals surface area contributed by atoms with Gasteiger partial charge in [-0.2, -0.15) is 0 Å². The summed E-state index contributed by atoms with van der Waals surface area (Å²) in [5.41, 5.74) is 1.58. The van der Waals surface area contributed by atoms with Crippen molar-refractivity contribution in [3.8, 4) is 5.75 Å². The quantitative estimate of drug-likeness (QED) is 0.731. The number of benzene rings is 2. The molecule has 1 aliphatic heterocycles. The van der Waals surface area contributed by atoms with Crippen LogP contribution in [0.2, 0.25) is 0 Å². The van der Waals surface area contributed by atoms with Crippen LogP contribution in [-0.4, -0.2) is 43.3 Å². The van der Waals surface area contributed by atoms with E-state index in [1.165, 1.54) is 0 Å². The van der Waals surface area contributed by atoms with Gasteiger partial charge in [0.15, 0.2) is 9.84 Å². The van der Waals surface area contributed by atoms with Crippen molar-refractivity contribution in [3.05, 3.63) is 65.7 Å². The van der Waals surface area contributed by atoms with Gasteiger partial charge in [-0.05, 0) is 36.6 Å². The maximum Gasteiger partial charge on any atom is 0.254 e. The largest absolute Gasteiger partial charge is 0.489 e. The minimum atomic E-state index is -3.04. The smallest absolute Gasteiger partial charge is 0.254 e. The fourth-order valence-corrected chi connectivity index (χ4v) is 5.07.